The topological polar surface area (TPSA) is 101 Å². The molecule has 1 unspecified atom stereocenters. The van der Waals surface area contributed by atoms with Crippen molar-refractivity contribution in [2.24, 2.45) is 0 Å². The maximum atomic E-state index is 13.3. The van der Waals surface area contributed by atoms with Gasteiger partial charge in [0, 0.05) is 49.4 Å². The fraction of sp³-hybridized carbons (Fsp3) is 0.500. The van der Waals surface area contributed by atoms with Crippen LogP contribution in [0.15, 0.2) is 40.8 Å². The Morgan fingerprint density at radius 3 is 2.33 bits per heavy atom. The summed E-state index contributed by atoms with van der Waals surface area (Å²) in [6, 6.07) is 5.53. The summed E-state index contributed by atoms with van der Waals surface area (Å²) in [5.41, 5.74) is -2.73. The lowest BCUT2D eigenvalue weighted by Crippen LogP contribution is -2.49. The van der Waals surface area contributed by atoms with Gasteiger partial charge in [-0.05, 0) is 62.9 Å². The summed E-state index contributed by atoms with van der Waals surface area (Å²) in [6.45, 7) is 4.15. The van der Waals surface area contributed by atoms with Gasteiger partial charge in [-0.1, -0.05) is 11.6 Å². The molecule has 3 aromatic rings. The molecule has 16 heteroatoms. The molecule has 9 nitrogen and oxygen atoms in total. The molecule has 1 aromatic heterocycles. The number of carbonyl (C=O) groups excluding carboxylic acids is 1. The van der Waals surface area contributed by atoms with Crippen LogP contribution in [0, 0.1) is 10.1 Å². The summed E-state index contributed by atoms with van der Waals surface area (Å²) >= 11 is 6.44. The van der Waals surface area contributed by atoms with Crippen molar-refractivity contribution in [3.8, 4) is 0 Å². The number of fused-ring (bicyclic) bond motifs is 1. The van der Waals surface area contributed by atoms with Crippen molar-refractivity contribution in [3.63, 3.8) is 0 Å². The van der Waals surface area contributed by atoms with E-state index in [-0.39, 0.29) is 52.4 Å². The van der Waals surface area contributed by atoms with Crippen molar-refractivity contribution in [1.82, 2.24) is 9.80 Å². The molecule has 0 amide bonds. The molecule has 5 rings (SSSR count). The molecular formula is C30H31ClF6N4O5. The molecule has 250 valence electrons. The van der Waals surface area contributed by atoms with E-state index in [0.717, 1.165) is 24.3 Å². The summed E-state index contributed by atoms with van der Waals surface area (Å²) in [5.74, 6) is -0.00722. The molecule has 2 aliphatic rings. The second kappa shape index (κ2) is 13.3. The zero-order valence-corrected chi connectivity index (χ0v) is 25.3. The molecule has 0 radical (unpaired) electrons. The zero-order valence-electron chi connectivity index (χ0n) is 24.6. The Bertz CT molecular complexity index is 1580. The number of furan rings is 1. The second-order valence-corrected chi connectivity index (χ2v) is 11.9. The Morgan fingerprint density at radius 2 is 1.72 bits per heavy atom. The number of hydrogen-bond acceptors (Lipinski definition) is 8. The third kappa shape index (κ3) is 7.69. The first kappa shape index (κ1) is 33.8. The number of nitrogens with one attached hydrogen (secondary N) is 1. The SMILES string of the molecule is CC(c1oc2ccc(C(F)(F)F)cc2c1Cl)N1CCN(CC(=O)OC2CCC(Nc3ccc([N+](=O)[O-])c(C(F)(F)F)c3)CC2)CC1. The normalized spacial score (nSPS) is 20.9. The molecule has 2 fully saturated rings. The van der Waals surface area contributed by atoms with Crippen LogP contribution in [-0.4, -0.2) is 65.6 Å². The maximum Gasteiger partial charge on any atom is 0.423 e. The summed E-state index contributed by atoms with van der Waals surface area (Å²) in [7, 11) is 0. The number of hydrogen-bond donors (Lipinski definition) is 1. The van der Waals surface area contributed by atoms with E-state index in [1.54, 1.807) is 0 Å². The van der Waals surface area contributed by atoms with E-state index in [4.69, 9.17) is 20.8 Å². The van der Waals surface area contributed by atoms with Crippen LogP contribution in [0.2, 0.25) is 5.02 Å². The first-order chi connectivity index (χ1) is 21.6. The predicted octanol–water partition coefficient (Wildman–Crippen LogP) is 7.68. The largest absolute Gasteiger partial charge is 0.461 e. The Balaban J connectivity index is 1.07. The lowest BCUT2D eigenvalue weighted by molar-refractivity contribution is -0.388. The maximum absolute atomic E-state index is 13.3. The zero-order chi connectivity index (χ0) is 33.4. The van der Waals surface area contributed by atoms with Crippen molar-refractivity contribution in [2.75, 3.05) is 38.0 Å². The summed E-state index contributed by atoms with van der Waals surface area (Å²) in [6.07, 6.45) is -7.61. The number of nitro benzene ring substituents is 1. The number of nitro groups is 1. The van der Waals surface area contributed by atoms with Crippen molar-refractivity contribution < 1.29 is 45.2 Å². The van der Waals surface area contributed by atoms with Gasteiger partial charge in [0.25, 0.3) is 5.69 Å². The van der Waals surface area contributed by atoms with Crippen LogP contribution in [0.3, 0.4) is 0 Å². The minimum atomic E-state index is -4.87. The van der Waals surface area contributed by atoms with Gasteiger partial charge in [-0.2, -0.15) is 26.3 Å². The number of benzene rings is 2. The van der Waals surface area contributed by atoms with Gasteiger partial charge in [0.2, 0.25) is 0 Å². The number of nitrogens with zero attached hydrogens (tertiary/aromatic N) is 3. The van der Waals surface area contributed by atoms with E-state index in [0.29, 0.717) is 57.6 Å². The summed E-state index contributed by atoms with van der Waals surface area (Å²) in [4.78, 5) is 26.6. The average Bonchev–Trinajstić information content (AvgIpc) is 3.32. The van der Waals surface area contributed by atoms with E-state index in [9.17, 15) is 41.3 Å². The number of esters is 1. The molecule has 1 aliphatic carbocycles. The molecule has 0 spiro atoms. The third-order valence-electron chi connectivity index (χ3n) is 8.51. The molecule has 2 aromatic carbocycles. The Labute approximate surface area is 264 Å². The van der Waals surface area contributed by atoms with Gasteiger partial charge in [-0.3, -0.25) is 24.7 Å². The van der Waals surface area contributed by atoms with Gasteiger partial charge < -0.3 is 14.5 Å². The number of alkyl halides is 6. The third-order valence-corrected chi connectivity index (χ3v) is 8.90. The minimum Gasteiger partial charge on any atom is -0.461 e. The van der Waals surface area contributed by atoms with E-state index < -0.39 is 34.1 Å². The van der Waals surface area contributed by atoms with E-state index in [1.165, 1.54) is 12.1 Å². The highest BCUT2D eigenvalue weighted by atomic mass is 35.5. The van der Waals surface area contributed by atoms with E-state index >= 15 is 0 Å². The fourth-order valence-electron chi connectivity index (χ4n) is 5.98. The van der Waals surface area contributed by atoms with Crippen LogP contribution in [-0.2, 0) is 21.9 Å². The van der Waals surface area contributed by atoms with Gasteiger partial charge in [0.1, 0.15) is 23.0 Å². The van der Waals surface area contributed by atoms with Crippen molar-refractivity contribution in [3.05, 3.63) is 68.4 Å². The quantitative estimate of drug-likeness (QED) is 0.112. The number of anilines is 1. The lowest BCUT2D eigenvalue weighted by Gasteiger charge is -2.37. The number of rotatable bonds is 8. The van der Waals surface area contributed by atoms with Crippen LogP contribution < -0.4 is 5.32 Å². The van der Waals surface area contributed by atoms with Gasteiger partial charge >= 0.3 is 18.3 Å². The minimum absolute atomic E-state index is 0.0784. The van der Waals surface area contributed by atoms with Gasteiger partial charge in [0.15, 0.2) is 0 Å². The van der Waals surface area contributed by atoms with Crippen LogP contribution in [0.4, 0.5) is 37.7 Å². The molecule has 0 bridgehead atoms. The van der Waals surface area contributed by atoms with Crippen molar-refractivity contribution in [2.45, 2.75) is 63.1 Å². The van der Waals surface area contributed by atoms with Crippen molar-refractivity contribution in [1.29, 1.82) is 0 Å². The van der Waals surface area contributed by atoms with Gasteiger partial charge in [-0.25, -0.2) is 0 Å². The van der Waals surface area contributed by atoms with Crippen LogP contribution in [0.5, 0.6) is 0 Å². The molecule has 2 heterocycles. The van der Waals surface area contributed by atoms with Crippen LogP contribution in [0.1, 0.15) is 55.5 Å². The van der Waals surface area contributed by atoms with E-state index in [1.807, 2.05) is 11.8 Å². The van der Waals surface area contributed by atoms with E-state index in [2.05, 4.69) is 10.2 Å². The number of piperazine rings is 1. The Kier molecular flexibility index (Phi) is 9.76. The highest BCUT2D eigenvalue weighted by molar-refractivity contribution is 6.36. The lowest BCUT2D eigenvalue weighted by atomic mass is 9.92. The Morgan fingerprint density at radius 1 is 1.04 bits per heavy atom. The monoisotopic (exact) mass is 676 g/mol. The van der Waals surface area contributed by atoms with Crippen LogP contribution >= 0.6 is 11.6 Å². The van der Waals surface area contributed by atoms with Gasteiger partial charge in [0.05, 0.1) is 28.1 Å². The van der Waals surface area contributed by atoms with Crippen LogP contribution in [0.25, 0.3) is 11.0 Å². The summed E-state index contributed by atoms with van der Waals surface area (Å²) < 4.78 is 90.9. The van der Waals surface area contributed by atoms with Gasteiger partial charge in [-0.15, -0.1) is 0 Å². The number of carbonyl (C=O) groups is 1. The standard InChI is InChI=1S/C30H31ClF6N4O5/c1-17(28-27(31)22-14-18(29(32,33)34)2-9-25(22)46-28)40-12-10-39(11-13-40)16-26(42)45-21-6-3-19(4-7-21)38-20-5-8-24(41(43)44)23(15-20)30(35,36)37/h2,5,8-9,14-15,17,19,21,38H,3-4,6-7,10-13,16H2,1H3. The number of ether oxygens (including phenoxy) is 1. The smallest absolute Gasteiger partial charge is 0.423 e. The van der Waals surface area contributed by atoms with Crippen molar-refractivity contribution >= 4 is 39.9 Å². The molecule has 1 saturated carbocycles. The highest BCUT2D eigenvalue weighted by Gasteiger charge is 2.39. The predicted molar refractivity (Wildman–Crippen MR) is 157 cm³/mol. The average molecular weight is 677 g/mol. The second-order valence-electron chi connectivity index (χ2n) is 11.6. The molecule has 1 aliphatic heterocycles. The molecule has 1 N–H and O–H groups in total. The molecule has 1 atom stereocenters. The summed E-state index contributed by atoms with van der Waals surface area (Å²) in [5, 5.41) is 14.3. The number of halogens is 7. The molecule has 46 heavy (non-hydrogen) atoms. The fourth-order valence-corrected chi connectivity index (χ4v) is 6.33. The Hall–Kier alpha value is -3.56. The molecular weight excluding hydrogens is 646 g/mol. The first-order valence-corrected chi connectivity index (χ1v) is 15.0. The molecule has 1 saturated heterocycles. The highest BCUT2D eigenvalue weighted by Crippen LogP contribution is 2.40. The first-order valence-electron chi connectivity index (χ1n) is 14.7.